The molecule has 0 bridgehead atoms. The first-order valence-corrected chi connectivity index (χ1v) is 50.6. The molecule has 3 aliphatic heterocycles. The van der Waals surface area contributed by atoms with Gasteiger partial charge < -0.3 is 87.7 Å². The Bertz CT molecular complexity index is 6380. The molecule has 712 valence electrons. The fourth-order valence-corrected chi connectivity index (χ4v) is 21.5. The summed E-state index contributed by atoms with van der Waals surface area (Å²) in [6.07, 6.45) is 8.19. The molecule has 0 spiro atoms. The number of rotatable bonds is 31. The van der Waals surface area contributed by atoms with Crippen molar-refractivity contribution in [1.82, 2.24) is 47.5 Å². The van der Waals surface area contributed by atoms with Crippen molar-refractivity contribution in [3.05, 3.63) is 262 Å². The number of aliphatic hydroxyl groups is 2. The first-order chi connectivity index (χ1) is 64.3. The van der Waals surface area contributed by atoms with Crippen molar-refractivity contribution in [2.75, 3.05) is 47.5 Å². The van der Waals surface area contributed by atoms with Crippen LogP contribution in [0.4, 0.5) is 11.4 Å². The predicted octanol–water partition coefficient (Wildman–Crippen LogP) is 5.82. The predicted molar refractivity (Wildman–Crippen MR) is 520 cm³/mol. The molecule has 31 nitrogen and oxygen atoms in total. The molecule has 9 aromatic rings. The number of fused-ring (bicyclic) bond motifs is 7. The number of aliphatic hydroxyl groups excluding tert-OH is 2. The van der Waals surface area contributed by atoms with Gasteiger partial charge in [0.15, 0.2) is 11.8 Å². The number of phenolic OH excluding ortho intramolecular Hbond substituents is 1. The van der Waals surface area contributed by atoms with E-state index in [0.717, 1.165) is 101 Å². The number of nitrogens with one attached hydrogen (secondary N) is 9. The molecular formula is C100H113N12NaO19S4. The van der Waals surface area contributed by atoms with Gasteiger partial charge in [-0.05, 0) is 194 Å². The molecule has 36 heteroatoms. The number of benzene rings is 8. The minimum atomic E-state index is -4.59. The third-order valence-electron chi connectivity index (χ3n) is 25.1. The number of aromatic amines is 1. The summed E-state index contributed by atoms with van der Waals surface area (Å²) in [7, 11) is -7.46. The number of hydrogen-bond donors (Lipinski definition) is 14. The van der Waals surface area contributed by atoms with Crippen LogP contribution in [0.2, 0.25) is 0 Å². The van der Waals surface area contributed by atoms with Crippen molar-refractivity contribution in [3.63, 3.8) is 0 Å². The molecule has 136 heavy (non-hydrogen) atoms. The zero-order valence-electron chi connectivity index (χ0n) is 76.6. The molecule has 8 amide bonds. The Morgan fingerprint density at radius 2 is 1.24 bits per heavy atom. The van der Waals surface area contributed by atoms with Gasteiger partial charge in [-0.3, -0.25) is 38.4 Å². The quantitative estimate of drug-likeness (QED) is 0.00799. The van der Waals surface area contributed by atoms with Crippen LogP contribution >= 0.6 is 21.6 Å². The van der Waals surface area contributed by atoms with Gasteiger partial charge in [0.1, 0.15) is 54.6 Å². The summed E-state index contributed by atoms with van der Waals surface area (Å²) in [5.74, 6) is -11.6. The average molecular weight is 1940 g/mol. The molecule has 15 N–H and O–H groups in total. The van der Waals surface area contributed by atoms with Crippen LogP contribution in [0.5, 0.6) is 5.75 Å². The number of nitrogens with zero attached hydrogens (tertiary/aromatic N) is 2. The smallest absolute Gasteiger partial charge is 0.748 e. The molecule has 1 aromatic heterocycles. The maximum Gasteiger partial charge on any atom is 1.00 e. The van der Waals surface area contributed by atoms with E-state index in [2.05, 4.69) is 121 Å². The summed E-state index contributed by atoms with van der Waals surface area (Å²) in [5.41, 5.74) is 15.5. The Morgan fingerprint density at radius 1 is 0.625 bits per heavy atom. The van der Waals surface area contributed by atoms with E-state index in [-0.39, 0.29) is 105 Å². The van der Waals surface area contributed by atoms with Crippen molar-refractivity contribution in [2.24, 2.45) is 5.73 Å². The maximum atomic E-state index is 15.7. The number of hydrogen-bond acceptors (Lipinski definition) is 22. The Balaban J connectivity index is 0.0000166. The standard InChI is InChI=1S/C100H114N12O19S4.Na/c1-59(113)88-97(123)108-80(96(122)110-89(60(2)114)98(124)125)58-133-132-57-79(95(121)105-77(54-62-32-42-70(115)43-33-62)92(118)106-78(55-69-56-102-74-30-15-14-27-71(69)74)94(120)103-75(91(117)109-88)31-16-17-48-101)107-93(119)76(53-61-21-8-7-9-22-61)104-90(116)68-36-34-67(35-37-68)85-65(40-46-83-99(3,4)86-72-28-12-10-23-63(72)38-44-81(86)111(83)49-19-51-134(126,127)128)25-18-26-66(85)41-47-84-100(5,6)87-73-29-13-11-24-64(73)39-45-82(87)112(84)50-20-52-135(129,130)131;/h7-15,21-24,27-30,32-47,56,59-60,75-80,88-89,102,113-114H,16-20,25-26,31,48-55,57-58,101H2,1-6H3,(H11-,103,104,105,106,107,108,109,110,115,116,117,118,119,120,121,122,123,124,125,126,127,128,129,130,131);/q;+1/p-1/t59-,60-,75+,76-,77+,78-,79+,80+,88+,89+;/m1./s1. The molecule has 1 saturated heterocycles. The number of H-pyrrole nitrogens is 1. The number of para-hydroxylation sites is 1. The number of aliphatic carboxylic acids is 1. The summed E-state index contributed by atoms with van der Waals surface area (Å²) in [6, 6.07) is 39.2. The second kappa shape index (κ2) is 45.8. The van der Waals surface area contributed by atoms with Gasteiger partial charge in [-0.2, -0.15) is 4.58 Å². The van der Waals surface area contributed by atoms with Gasteiger partial charge in [-0.15, -0.1) is 0 Å². The van der Waals surface area contributed by atoms with Gasteiger partial charge >= 0.3 is 35.5 Å². The third-order valence-corrected chi connectivity index (χ3v) is 29.1. The van der Waals surface area contributed by atoms with E-state index in [1.165, 1.54) is 31.2 Å². The van der Waals surface area contributed by atoms with E-state index in [1.54, 1.807) is 85.1 Å². The average Bonchev–Trinajstić information content (AvgIpc) is 1.57. The number of carbonyl (C=O) groups excluding carboxylic acids is 8. The van der Waals surface area contributed by atoms with E-state index in [9.17, 15) is 65.5 Å². The number of carboxylic acid groups (broad SMARTS) is 1. The molecule has 10 atom stereocenters. The summed E-state index contributed by atoms with van der Waals surface area (Å²) in [4.78, 5) is 139. The molecule has 1 aliphatic carbocycles. The van der Waals surface area contributed by atoms with Gasteiger partial charge in [0, 0.05) is 112 Å². The van der Waals surface area contributed by atoms with E-state index >= 15 is 24.0 Å². The number of amides is 8. The Kier molecular flexibility index (Phi) is 34.9. The number of unbranched alkanes of at least 4 members (excludes halogenated alkanes) is 1. The Morgan fingerprint density at radius 3 is 1.90 bits per heavy atom. The minimum absolute atomic E-state index is 0. The van der Waals surface area contributed by atoms with Crippen LogP contribution in [0, 0.1) is 0 Å². The van der Waals surface area contributed by atoms with Crippen LogP contribution in [-0.2, 0) is 88.7 Å². The van der Waals surface area contributed by atoms with Crippen LogP contribution in [0.3, 0.4) is 0 Å². The fraction of sp³-hybridized carbons (Fsp3) is 0.360. The molecule has 0 unspecified atom stereocenters. The number of anilines is 1. The van der Waals surface area contributed by atoms with Crippen molar-refractivity contribution in [2.45, 2.75) is 184 Å². The largest absolute Gasteiger partial charge is 1.00 e. The normalized spacial score (nSPS) is 20.7. The SMILES string of the molecule is C[C@@H](O)[C@H](NC(=O)[C@@H]1CSSC[C@H](NC(=O)[C@@H](Cc2ccccc2)NC(=O)c2ccc(C3=C(/C=C/C4=[N+](CCCS(=O)(=O)[O-])c5ccc6ccccc6c5C4(C)C)CCC/C3=C\C=C3\N(CCCS(=O)(=O)[O-])c4ccc5ccccc5c4C3(C)C)cc2)C(=O)N[C@@H](Cc2ccc(O)cc2)C(=O)N[C@H](Cc2c[nH]c3ccccc23)C(=O)N[C@@H](CCCCN)C(=O)N[C@@H]([C@@H](C)O)C(=O)N1)C(=O)O.[Na+]. The molecule has 4 aliphatic rings. The summed E-state index contributed by atoms with van der Waals surface area (Å²) in [5, 5.41) is 68.5. The van der Waals surface area contributed by atoms with Crippen LogP contribution in [0.15, 0.2) is 223 Å². The van der Waals surface area contributed by atoms with Gasteiger partial charge in [-0.1, -0.05) is 175 Å². The number of allylic oxidation sites excluding steroid dienone is 8. The molecule has 4 heterocycles. The minimum Gasteiger partial charge on any atom is -0.748 e. The van der Waals surface area contributed by atoms with Crippen molar-refractivity contribution in [1.29, 1.82) is 0 Å². The summed E-state index contributed by atoms with van der Waals surface area (Å²) < 4.78 is 75.3. The molecule has 0 radical (unpaired) electrons. The number of nitrogens with two attached hydrogens (primary N) is 1. The fourth-order valence-electron chi connectivity index (χ4n) is 18.2. The zero-order valence-corrected chi connectivity index (χ0v) is 81.9. The van der Waals surface area contributed by atoms with Crippen molar-refractivity contribution in [3.8, 4) is 5.75 Å². The van der Waals surface area contributed by atoms with Crippen molar-refractivity contribution >= 4 is 150 Å². The first-order valence-electron chi connectivity index (χ1n) is 45.0. The number of phenols is 1. The molecular weight excluding hydrogens is 1820 g/mol. The summed E-state index contributed by atoms with van der Waals surface area (Å²) in [6.45, 7) is 11.3. The van der Waals surface area contributed by atoms with Crippen LogP contribution in [0.1, 0.15) is 137 Å². The maximum absolute atomic E-state index is 15.7. The molecule has 0 saturated carbocycles. The van der Waals surface area contributed by atoms with E-state index in [1.807, 2.05) is 60.7 Å². The van der Waals surface area contributed by atoms with Gasteiger partial charge in [0.25, 0.3) is 5.91 Å². The van der Waals surface area contributed by atoms with E-state index in [4.69, 9.17) is 5.73 Å². The zero-order chi connectivity index (χ0) is 96.8. The van der Waals surface area contributed by atoms with Crippen LogP contribution in [0.25, 0.3) is 38.0 Å². The van der Waals surface area contributed by atoms with Crippen LogP contribution < -0.4 is 82.7 Å². The first kappa shape index (κ1) is 104. The van der Waals surface area contributed by atoms with E-state index in [0.29, 0.717) is 58.8 Å². The second-order valence-corrected chi connectivity index (χ2v) is 41.1. The number of aromatic hydroxyl groups is 1. The third kappa shape index (κ3) is 25.5. The number of carboxylic acids is 1. The van der Waals surface area contributed by atoms with E-state index < -0.39 is 168 Å². The van der Waals surface area contributed by atoms with Gasteiger partial charge in [-0.25, -0.2) is 21.6 Å². The molecule has 8 aromatic carbocycles. The van der Waals surface area contributed by atoms with Crippen LogP contribution in [-0.4, -0.2) is 218 Å². The van der Waals surface area contributed by atoms with Gasteiger partial charge in [0.05, 0.1) is 37.9 Å². The monoisotopic (exact) mass is 1940 g/mol. The summed E-state index contributed by atoms with van der Waals surface area (Å²) >= 11 is 0. The van der Waals surface area contributed by atoms with Gasteiger partial charge in [0.2, 0.25) is 47.0 Å². The molecule has 13 rings (SSSR count). The Labute approximate surface area is 819 Å². The number of aromatic nitrogens is 1. The van der Waals surface area contributed by atoms with Crippen molar-refractivity contribution < 1.29 is 124 Å². The second-order valence-electron chi connectivity index (χ2n) is 35.5. The Hall–Kier alpha value is -11.3. The topological polar surface area (TPSA) is 493 Å². The number of carbonyl (C=O) groups is 9. The molecule has 1 fully saturated rings.